The van der Waals surface area contributed by atoms with Gasteiger partial charge in [-0.05, 0) is 37.1 Å². The summed E-state index contributed by atoms with van der Waals surface area (Å²) in [7, 11) is 1.92. The first-order valence-electron chi connectivity index (χ1n) is 9.60. The van der Waals surface area contributed by atoms with Gasteiger partial charge in [-0.15, -0.1) is 0 Å². The molecule has 0 saturated carbocycles. The van der Waals surface area contributed by atoms with E-state index in [-0.39, 0.29) is 0 Å². The number of hydrogen-bond acceptors (Lipinski definition) is 4. The van der Waals surface area contributed by atoms with Gasteiger partial charge in [-0.1, -0.05) is 29.8 Å². The summed E-state index contributed by atoms with van der Waals surface area (Å²) in [6, 6.07) is 14.6. The molecule has 5 aromatic rings. The molecule has 7 nitrogen and oxygen atoms in total. The Morgan fingerprint density at radius 1 is 1.07 bits per heavy atom. The Labute approximate surface area is 168 Å². The lowest BCUT2D eigenvalue weighted by atomic mass is 10.1. The summed E-state index contributed by atoms with van der Waals surface area (Å²) in [4.78, 5) is 12.7. The zero-order valence-electron chi connectivity index (χ0n) is 16.4. The first-order chi connectivity index (χ1) is 14.2. The standard InChI is InChI=1S/C22H21N7/c1-15-4-3-5-16(12-15)6-8-19-25-21(22(26-19)18-10-11-28(2)27-18)17-7-9-20-23-14-24-29(20)13-17/h3-5,7,9-14H,6,8H2,1-2H3,(H,25,26). The van der Waals surface area contributed by atoms with E-state index in [1.165, 1.54) is 11.1 Å². The Morgan fingerprint density at radius 3 is 2.83 bits per heavy atom. The quantitative estimate of drug-likeness (QED) is 0.503. The average molecular weight is 383 g/mol. The predicted molar refractivity (Wildman–Crippen MR) is 111 cm³/mol. The van der Waals surface area contributed by atoms with Crippen LogP contribution in [0.25, 0.3) is 28.3 Å². The zero-order chi connectivity index (χ0) is 19.8. The summed E-state index contributed by atoms with van der Waals surface area (Å²) in [5.74, 6) is 0.945. The molecular formula is C22H21N7. The highest BCUT2D eigenvalue weighted by Crippen LogP contribution is 2.29. The maximum Gasteiger partial charge on any atom is 0.155 e. The van der Waals surface area contributed by atoms with Crippen LogP contribution in [0.3, 0.4) is 0 Å². The van der Waals surface area contributed by atoms with Gasteiger partial charge in [0.05, 0.1) is 11.4 Å². The number of rotatable bonds is 5. The van der Waals surface area contributed by atoms with E-state index in [0.29, 0.717) is 0 Å². The van der Waals surface area contributed by atoms with Gasteiger partial charge in [0, 0.05) is 31.4 Å². The van der Waals surface area contributed by atoms with Gasteiger partial charge in [-0.25, -0.2) is 14.5 Å². The van der Waals surface area contributed by atoms with E-state index in [2.05, 4.69) is 51.4 Å². The summed E-state index contributed by atoms with van der Waals surface area (Å²) >= 11 is 0. The van der Waals surface area contributed by atoms with Crippen LogP contribution in [0.5, 0.6) is 0 Å². The number of aromatic amines is 1. The fourth-order valence-electron chi connectivity index (χ4n) is 3.57. The van der Waals surface area contributed by atoms with Crippen molar-refractivity contribution in [3.63, 3.8) is 0 Å². The Morgan fingerprint density at radius 2 is 2.00 bits per heavy atom. The molecule has 0 aliphatic heterocycles. The van der Waals surface area contributed by atoms with Crippen molar-refractivity contribution in [3.8, 4) is 22.6 Å². The van der Waals surface area contributed by atoms with Crippen molar-refractivity contribution in [1.29, 1.82) is 0 Å². The molecule has 0 amide bonds. The van der Waals surface area contributed by atoms with Crippen molar-refractivity contribution in [2.75, 3.05) is 0 Å². The summed E-state index contributed by atoms with van der Waals surface area (Å²) in [5, 5.41) is 8.82. The Hall–Kier alpha value is -3.74. The third-order valence-corrected chi connectivity index (χ3v) is 5.00. The predicted octanol–water partition coefficient (Wildman–Crippen LogP) is 3.61. The van der Waals surface area contributed by atoms with Crippen LogP contribution in [-0.2, 0) is 19.9 Å². The van der Waals surface area contributed by atoms with Crippen molar-refractivity contribution in [2.24, 2.45) is 7.05 Å². The van der Waals surface area contributed by atoms with Crippen LogP contribution >= 0.6 is 0 Å². The Kier molecular flexibility index (Phi) is 4.20. The van der Waals surface area contributed by atoms with E-state index >= 15 is 0 Å². The lowest BCUT2D eigenvalue weighted by Crippen LogP contribution is -1.94. The molecule has 0 aliphatic carbocycles. The van der Waals surface area contributed by atoms with Gasteiger partial charge in [0.2, 0.25) is 0 Å². The second-order valence-electron chi connectivity index (χ2n) is 7.25. The van der Waals surface area contributed by atoms with Crippen LogP contribution in [-0.4, -0.2) is 34.3 Å². The summed E-state index contributed by atoms with van der Waals surface area (Å²) in [6.45, 7) is 2.12. The van der Waals surface area contributed by atoms with Crippen LogP contribution in [0.15, 0.2) is 61.2 Å². The minimum absolute atomic E-state index is 0.809. The van der Waals surface area contributed by atoms with Crippen molar-refractivity contribution in [1.82, 2.24) is 34.3 Å². The van der Waals surface area contributed by atoms with Gasteiger partial charge < -0.3 is 4.98 Å². The number of aryl methyl sites for hydroxylation is 4. The largest absolute Gasteiger partial charge is 0.340 e. The molecule has 5 rings (SSSR count). The smallest absolute Gasteiger partial charge is 0.155 e. The molecule has 0 bridgehead atoms. The van der Waals surface area contributed by atoms with Crippen molar-refractivity contribution in [2.45, 2.75) is 19.8 Å². The van der Waals surface area contributed by atoms with Gasteiger partial charge in [-0.2, -0.15) is 10.2 Å². The number of nitrogens with one attached hydrogen (secondary N) is 1. The van der Waals surface area contributed by atoms with Gasteiger partial charge in [0.25, 0.3) is 0 Å². The number of aromatic nitrogens is 7. The molecule has 0 saturated heterocycles. The fraction of sp³-hybridized carbons (Fsp3) is 0.182. The fourth-order valence-corrected chi connectivity index (χ4v) is 3.57. The van der Waals surface area contributed by atoms with Crippen LogP contribution < -0.4 is 0 Å². The molecule has 1 aromatic carbocycles. The number of benzene rings is 1. The molecule has 0 fully saturated rings. The highest BCUT2D eigenvalue weighted by molar-refractivity contribution is 5.76. The Balaban J connectivity index is 1.53. The number of imidazole rings is 1. The summed E-state index contributed by atoms with van der Waals surface area (Å²) in [5.41, 5.74) is 7.04. The number of pyridine rings is 1. The first-order valence-corrected chi connectivity index (χ1v) is 9.60. The van der Waals surface area contributed by atoms with E-state index in [9.17, 15) is 0 Å². The molecule has 7 heteroatoms. The molecule has 1 N–H and O–H groups in total. The Bertz CT molecular complexity index is 1290. The molecular weight excluding hydrogens is 362 g/mol. The number of hydrogen-bond donors (Lipinski definition) is 1. The van der Waals surface area contributed by atoms with E-state index in [4.69, 9.17) is 4.98 Å². The van der Waals surface area contributed by atoms with Crippen molar-refractivity contribution >= 4 is 5.65 Å². The summed E-state index contributed by atoms with van der Waals surface area (Å²) < 4.78 is 3.56. The highest BCUT2D eigenvalue weighted by Gasteiger charge is 2.17. The van der Waals surface area contributed by atoms with E-state index < -0.39 is 0 Å². The van der Waals surface area contributed by atoms with Crippen LogP contribution in [0.2, 0.25) is 0 Å². The second-order valence-corrected chi connectivity index (χ2v) is 7.25. The maximum absolute atomic E-state index is 4.93. The van der Waals surface area contributed by atoms with E-state index in [1.807, 2.05) is 37.6 Å². The third kappa shape index (κ3) is 3.42. The number of H-pyrrole nitrogens is 1. The van der Waals surface area contributed by atoms with E-state index in [1.54, 1.807) is 15.5 Å². The van der Waals surface area contributed by atoms with Crippen molar-refractivity contribution < 1.29 is 0 Å². The highest BCUT2D eigenvalue weighted by atomic mass is 15.3. The molecule has 29 heavy (non-hydrogen) atoms. The molecule has 144 valence electrons. The van der Waals surface area contributed by atoms with Gasteiger partial charge in [0.15, 0.2) is 5.65 Å². The van der Waals surface area contributed by atoms with Crippen molar-refractivity contribution in [3.05, 3.63) is 78.1 Å². The SMILES string of the molecule is Cc1cccc(CCc2nc(-c3ccc4ncnn4c3)c(-c3ccn(C)n3)[nH]2)c1. The maximum atomic E-state index is 4.93. The molecule has 0 atom stereocenters. The number of fused-ring (bicyclic) bond motifs is 1. The zero-order valence-corrected chi connectivity index (χ0v) is 16.4. The molecule has 0 radical (unpaired) electrons. The molecule has 0 unspecified atom stereocenters. The second kappa shape index (κ2) is 7.01. The lowest BCUT2D eigenvalue weighted by molar-refractivity contribution is 0.770. The minimum atomic E-state index is 0.809. The summed E-state index contributed by atoms with van der Waals surface area (Å²) in [6.07, 6.45) is 7.20. The topological polar surface area (TPSA) is 76.7 Å². The van der Waals surface area contributed by atoms with Crippen LogP contribution in [0, 0.1) is 6.92 Å². The molecule has 4 aromatic heterocycles. The lowest BCUT2D eigenvalue weighted by Gasteiger charge is -2.01. The van der Waals surface area contributed by atoms with E-state index in [0.717, 1.165) is 47.0 Å². The molecule has 4 heterocycles. The van der Waals surface area contributed by atoms with Crippen LogP contribution in [0.4, 0.5) is 0 Å². The minimum Gasteiger partial charge on any atom is -0.340 e. The normalized spacial score (nSPS) is 11.4. The monoisotopic (exact) mass is 383 g/mol. The van der Waals surface area contributed by atoms with Gasteiger partial charge >= 0.3 is 0 Å². The van der Waals surface area contributed by atoms with Gasteiger partial charge in [-0.3, -0.25) is 4.68 Å². The van der Waals surface area contributed by atoms with Gasteiger partial charge in [0.1, 0.15) is 17.8 Å². The average Bonchev–Trinajstić information content (AvgIpc) is 3.45. The third-order valence-electron chi connectivity index (χ3n) is 5.00. The number of nitrogens with zero attached hydrogens (tertiary/aromatic N) is 6. The molecule has 0 aliphatic rings. The first kappa shape index (κ1) is 17.4. The van der Waals surface area contributed by atoms with Crippen LogP contribution in [0.1, 0.15) is 17.0 Å². The molecule has 0 spiro atoms.